The minimum absolute atomic E-state index is 0.128. The van der Waals surface area contributed by atoms with Crippen molar-refractivity contribution < 1.29 is 50.6 Å². The van der Waals surface area contributed by atoms with Gasteiger partial charge in [0.2, 0.25) is 11.8 Å². The number of hydrogen-bond acceptors (Lipinski definition) is 6. The molecule has 0 aromatic heterocycles. The fraction of sp³-hybridized carbons (Fsp3) is 0.385. The summed E-state index contributed by atoms with van der Waals surface area (Å²) in [6.45, 7) is 0.639. The molecule has 9 nitrogen and oxygen atoms in total. The van der Waals surface area contributed by atoms with Crippen molar-refractivity contribution in [3.05, 3.63) is 59.7 Å². The summed E-state index contributed by atoms with van der Waals surface area (Å²) in [5, 5.41) is 6.69. The van der Waals surface area contributed by atoms with Crippen molar-refractivity contribution >= 4 is 23.5 Å². The van der Waals surface area contributed by atoms with Crippen molar-refractivity contribution in [2.24, 2.45) is 5.92 Å². The van der Waals surface area contributed by atoms with Crippen LogP contribution in [0.1, 0.15) is 42.7 Å². The molecule has 2 aromatic carbocycles. The van der Waals surface area contributed by atoms with E-state index < -0.39 is 66.1 Å². The maximum atomic E-state index is 13.1. The number of methoxy groups -OCH3 is 1. The second kappa shape index (κ2) is 13.7. The summed E-state index contributed by atoms with van der Waals surface area (Å²) < 4.78 is 74.1. The second-order valence-electron chi connectivity index (χ2n) is 8.88. The number of nitrogens with one attached hydrogen (secondary N) is 3. The predicted molar refractivity (Wildman–Crippen MR) is 132 cm³/mol. The van der Waals surface area contributed by atoms with Gasteiger partial charge in [0, 0.05) is 0 Å². The van der Waals surface area contributed by atoms with Gasteiger partial charge in [-0.15, -0.1) is 0 Å². The first-order chi connectivity index (χ1) is 18.6. The standard InChI is InChI=1S/C26H28F5N3O6/c1-13(2)19(21(35)26(29,30)31)33-24(38)20(15-9-11-16(39-4)12-10-15)34-22(36)14(3)32-23(37)17-7-5-6-8-18(17)40-25(27)28/h5-14,19-20,25H,1-4H3,(H,32,37)(H,33,38)(H,34,36)/t14-,19-,20-/m0/s1. The number of benzene rings is 2. The third-order valence-corrected chi connectivity index (χ3v) is 5.61. The summed E-state index contributed by atoms with van der Waals surface area (Å²) in [5.74, 6) is -6.18. The van der Waals surface area contributed by atoms with E-state index in [1.165, 1.54) is 70.3 Å². The van der Waals surface area contributed by atoms with E-state index in [0.29, 0.717) is 5.75 Å². The first-order valence-corrected chi connectivity index (χ1v) is 11.9. The normalized spacial score (nSPS) is 13.7. The predicted octanol–water partition coefficient (Wildman–Crippen LogP) is 3.54. The molecule has 0 aliphatic heterocycles. The Morgan fingerprint density at radius 1 is 0.825 bits per heavy atom. The lowest BCUT2D eigenvalue weighted by molar-refractivity contribution is -0.175. The Kier molecular flexibility index (Phi) is 11.0. The molecule has 2 rings (SSSR count). The fourth-order valence-corrected chi connectivity index (χ4v) is 3.50. The van der Waals surface area contributed by atoms with Gasteiger partial charge in [0.1, 0.15) is 23.6 Å². The molecular formula is C26H28F5N3O6. The summed E-state index contributed by atoms with van der Waals surface area (Å²) in [7, 11) is 1.38. The van der Waals surface area contributed by atoms with Gasteiger partial charge in [0.15, 0.2) is 0 Å². The molecular weight excluding hydrogens is 545 g/mol. The highest BCUT2D eigenvalue weighted by atomic mass is 19.4. The number of para-hydroxylation sites is 1. The van der Waals surface area contributed by atoms with Crippen molar-refractivity contribution in [1.29, 1.82) is 0 Å². The van der Waals surface area contributed by atoms with Crippen molar-refractivity contribution in [3.63, 3.8) is 0 Å². The Bertz CT molecular complexity index is 1200. The van der Waals surface area contributed by atoms with Crippen LogP contribution in [-0.4, -0.2) is 55.5 Å². The van der Waals surface area contributed by atoms with Crippen LogP contribution in [0.25, 0.3) is 0 Å². The lowest BCUT2D eigenvalue weighted by Crippen LogP contribution is -2.54. The maximum Gasteiger partial charge on any atom is 0.452 e. The zero-order chi connectivity index (χ0) is 30.2. The third kappa shape index (κ3) is 8.64. The topological polar surface area (TPSA) is 123 Å². The molecule has 3 N–H and O–H groups in total. The minimum Gasteiger partial charge on any atom is -0.497 e. The first-order valence-electron chi connectivity index (χ1n) is 11.9. The lowest BCUT2D eigenvalue weighted by atomic mass is 9.97. The number of amides is 3. The van der Waals surface area contributed by atoms with Gasteiger partial charge < -0.3 is 25.4 Å². The van der Waals surface area contributed by atoms with E-state index in [-0.39, 0.29) is 11.1 Å². The SMILES string of the molecule is COc1ccc([C@H](NC(=O)[C@H](C)NC(=O)c2ccccc2OC(F)F)C(=O)N[C@H](C(=O)C(F)(F)F)C(C)C)cc1. The van der Waals surface area contributed by atoms with Crippen LogP contribution in [0.15, 0.2) is 48.5 Å². The van der Waals surface area contributed by atoms with Gasteiger partial charge >= 0.3 is 12.8 Å². The molecule has 0 spiro atoms. The van der Waals surface area contributed by atoms with E-state index >= 15 is 0 Å². The number of ketones is 1. The number of carbonyl (C=O) groups is 4. The highest BCUT2D eigenvalue weighted by molar-refractivity contribution is 6.00. The Morgan fingerprint density at radius 2 is 1.43 bits per heavy atom. The van der Waals surface area contributed by atoms with Crippen molar-refractivity contribution in [3.8, 4) is 11.5 Å². The van der Waals surface area contributed by atoms with Crippen LogP contribution in [0.4, 0.5) is 22.0 Å². The first kappa shape index (κ1) is 32.0. The highest BCUT2D eigenvalue weighted by Crippen LogP contribution is 2.24. The van der Waals surface area contributed by atoms with Crippen LogP contribution in [0, 0.1) is 5.92 Å². The molecule has 14 heteroatoms. The van der Waals surface area contributed by atoms with Gasteiger partial charge in [0.25, 0.3) is 11.7 Å². The van der Waals surface area contributed by atoms with Gasteiger partial charge in [-0.3, -0.25) is 19.2 Å². The molecule has 2 aromatic rings. The molecule has 3 atom stereocenters. The van der Waals surface area contributed by atoms with Crippen LogP contribution in [0.5, 0.6) is 11.5 Å². The van der Waals surface area contributed by atoms with Gasteiger partial charge in [-0.2, -0.15) is 22.0 Å². The van der Waals surface area contributed by atoms with Crippen molar-refractivity contribution in [2.45, 2.75) is 51.7 Å². The number of halogens is 5. The van der Waals surface area contributed by atoms with Gasteiger partial charge in [-0.25, -0.2) is 0 Å². The van der Waals surface area contributed by atoms with Crippen molar-refractivity contribution in [1.82, 2.24) is 16.0 Å². The van der Waals surface area contributed by atoms with E-state index in [9.17, 15) is 41.1 Å². The highest BCUT2D eigenvalue weighted by Gasteiger charge is 2.45. The summed E-state index contributed by atoms with van der Waals surface area (Å²) in [6, 6.07) is 5.81. The van der Waals surface area contributed by atoms with Gasteiger partial charge in [0.05, 0.1) is 18.7 Å². The largest absolute Gasteiger partial charge is 0.497 e. The molecule has 0 aliphatic carbocycles. The number of alkyl halides is 5. The Hall–Kier alpha value is -4.23. The molecule has 0 aliphatic rings. The second-order valence-corrected chi connectivity index (χ2v) is 8.88. The molecule has 0 saturated carbocycles. The van der Waals surface area contributed by atoms with E-state index in [1.807, 2.05) is 0 Å². The molecule has 40 heavy (non-hydrogen) atoms. The van der Waals surface area contributed by atoms with Gasteiger partial charge in [-0.1, -0.05) is 38.1 Å². The molecule has 3 amide bonds. The van der Waals surface area contributed by atoms with Crippen LogP contribution >= 0.6 is 0 Å². The zero-order valence-electron chi connectivity index (χ0n) is 21.8. The summed E-state index contributed by atoms with van der Waals surface area (Å²) >= 11 is 0. The molecule has 0 radical (unpaired) electrons. The Labute approximate surface area is 226 Å². The average Bonchev–Trinajstić information content (AvgIpc) is 2.88. The number of Topliss-reactive ketones (excluding diaryl/α,β-unsaturated/α-hetero) is 1. The van der Waals surface area contributed by atoms with E-state index in [2.05, 4.69) is 20.7 Å². The smallest absolute Gasteiger partial charge is 0.452 e. The van der Waals surface area contributed by atoms with Crippen molar-refractivity contribution in [2.75, 3.05) is 7.11 Å². The van der Waals surface area contributed by atoms with Crippen LogP contribution < -0.4 is 25.4 Å². The summed E-state index contributed by atoms with van der Waals surface area (Å²) in [6.07, 6.45) is -5.22. The maximum absolute atomic E-state index is 13.1. The minimum atomic E-state index is -5.22. The molecule has 0 bridgehead atoms. The van der Waals surface area contributed by atoms with E-state index in [0.717, 1.165) is 6.07 Å². The number of hydrogen-bond donors (Lipinski definition) is 3. The molecule has 0 heterocycles. The van der Waals surface area contributed by atoms with Crippen LogP contribution in [0.3, 0.4) is 0 Å². The van der Waals surface area contributed by atoms with E-state index in [4.69, 9.17) is 4.74 Å². The van der Waals surface area contributed by atoms with Crippen LogP contribution in [0.2, 0.25) is 0 Å². The number of ether oxygens (including phenoxy) is 2. The quantitative estimate of drug-likeness (QED) is 0.334. The average molecular weight is 574 g/mol. The number of rotatable bonds is 12. The van der Waals surface area contributed by atoms with E-state index in [1.54, 1.807) is 0 Å². The number of carbonyl (C=O) groups excluding carboxylic acids is 4. The Morgan fingerprint density at radius 3 is 1.95 bits per heavy atom. The lowest BCUT2D eigenvalue weighted by Gasteiger charge is -2.26. The monoisotopic (exact) mass is 573 g/mol. The van der Waals surface area contributed by atoms with Crippen LogP contribution in [-0.2, 0) is 14.4 Å². The molecule has 0 fully saturated rings. The third-order valence-electron chi connectivity index (χ3n) is 5.61. The molecule has 0 unspecified atom stereocenters. The Balaban J connectivity index is 2.29. The zero-order valence-corrected chi connectivity index (χ0v) is 21.8. The molecule has 0 saturated heterocycles. The van der Waals surface area contributed by atoms with Gasteiger partial charge in [-0.05, 0) is 42.7 Å². The fourth-order valence-electron chi connectivity index (χ4n) is 3.50. The summed E-state index contributed by atoms with van der Waals surface area (Å²) in [4.78, 5) is 50.7. The summed E-state index contributed by atoms with van der Waals surface area (Å²) in [5.41, 5.74) is -0.167. The molecule has 218 valence electrons.